The van der Waals surface area contributed by atoms with Gasteiger partial charge in [0, 0.05) is 11.6 Å². The molecule has 1 fully saturated rings. The Morgan fingerprint density at radius 3 is 2.69 bits per heavy atom. The van der Waals surface area contributed by atoms with Gasteiger partial charge in [0.25, 0.3) is 0 Å². The van der Waals surface area contributed by atoms with Crippen LogP contribution in [0.1, 0.15) is 11.7 Å². The summed E-state index contributed by atoms with van der Waals surface area (Å²) in [6.45, 7) is 0.499. The van der Waals surface area contributed by atoms with Gasteiger partial charge in [-0.1, -0.05) is 0 Å². The predicted molar refractivity (Wildman–Crippen MR) is 41.6 cm³/mol. The van der Waals surface area contributed by atoms with Gasteiger partial charge in [0.15, 0.2) is 11.6 Å². The summed E-state index contributed by atoms with van der Waals surface area (Å²) in [5, 5.41) is 0. The molecule has 0 saturated carbocycles. The lowest BCUT2D eigenvalue weighted by molar-refractivity contribution is 0.361. The molecular weight excluding hydrogens is 178 g/mol. The van der Waals surface area contributed by atoms with Crippen molar-refractivity contribution in [1.29, 1.82) is 0 Å². The first-order valence-corrected chi connectivity index (χ1v) is 3.87. The molecule has 2 rings (SSSR count). The molecule has 1 heterocycles. The van der Waals surface area contributed by atoms with Crippen LogP contribution in [0, 0.1) is 11.6 Å². The summed E-state index contributed by atoms with van der Waals surface area (Å²) in [6.07, 6.45) is -0.208. The van der Waals surface area contributed by atoms with Crippen molar-refractivity contribution in [3.8, 4) is 5.75 Å². The maximum absolute atomic E-state index is 13.1. The third-order valence-corrected chi connectivity index (χ3v) is 1.92. The average Bonchev–Trinajstić information content (AvgIpc) is 2.85. The predicted octanol–water partition coefficient (Wildman–Crippen LogP) is 2.04. The number of halogens is 2. The molecule has 0 aromatic heterocycles. The van der Waals surface area contributed by atoms with Crippen molar-refractivity contribution in [2.45, 2.75) is 6.10 Å². The van der Waals surface area contributed by atoms with E-state index in [0.29, 0.717) is 12.2 Å². The van der Waals surface area contributed by atoms with E-state index in [0.717, 1.165) is 6.07 Å². The standard InChI is InChI=1S/C9H8F2O2/c1-12-9-6(8-4-13-8)2-5(10)3-7(9)11/h2-3,8H,4H2,1H3/t8-/m0/s1. The van der Waals surface area contributed by atoms with Crippen LogP contribution in [0.5, 0.6) is 5.75 Å². The summed E-state index contributed by atoms with van der Waals surface area (Å²) in [6, 6.07) is 2.03. The van der Waals surface area contributed by atoms with Gasteiger partial charge in [-0.25, -0.2) is 8.78 Å². The number of ether oxygens (including phenoxy) is 2. The Hall–Kier alpha value is -1.16. The molecule has 70 valence electrons. The van der Waals surface area contributed by atoms with Gasteiger partial charge >= 0.3 is 0 Å². The van der Waals surface area contributed by atoms with Gasteiger partial charge in [0.05, 0.1) is 13.7 Å². The van der Waals surface area contributed by atoms with E-state index in [2.05, 4.69) is 0 Å². The first kappa shape index (κ1) is 8.44. The molecule has 0 aliphatic carbocycles. The molecule has 1 aliphatic rings. The molecule has 0 radical (unpaired) electrons. The van der Waals surface area contributed by atoms with E-state index in [4.69, 9.17) is 9.47 Å². The third-order valence-electron chi connectivity index (χ3n) is 1.92. The SMILES string of the molecule is COc1c(F)cc(F)cc1[C@@H]1CO1. The minimum atomic E-state index is -0.687. The second kappa shape index (κ2) is 2.96. The van der Waals surface area contributed by atoms with Crippen molar-refractivity contribution in [3.05, 3.63) is 29.3 Å². The molecule has 1 aromatic carbocycles. The fourth-order valence-electron chi connectivity index (χ4n) is 1.26. The molecule has 1 aromatic rings. The summed E-state index contributed by atoms with van der Waals surface area (Å²) in [7, 11) is 1.35. The quantitative estimate of drug-likeness (QED) is 0.659. The number of methoxy groups -OCH3 is 1. The van der Waals surface area contributed by atoms with E-state index in [1.165, 1.54) is 13.2 Å². The highest BCUT2D eigenvalue weighted by atomic mass is 19.1. The molecule has 1 aliphatic heterocycles. The monoisotopic (exact) mass is 186 g/mol. The van der Waals surface area contributed by atoms with Crippen molar-refractivity contribution in [1.82, 2.24) is 0 Å². The Morgan fingerprint density at radius 1 is 1.46 bits per heavy atom. The topological polar surface area (TPSA) is 21.8 Å². The van der Waals surface area contributed by atoms with Gasteiger partial charge in [0.1, 0.15) is 11.9 Å². The normalized spacial score (nSPS) is 20.1. The van der Waals surface area contributed by atoms with Crippen LogP contribution in [0.15, 0.2) is 12.1 Å². The summed E-state index contributed by atoms with van der Waals surface area (Å²) in [5.74, 6) is -1.22. The smallest absolute Gasteiger partial charge is 0.168 e. The van der Waals surface area contributed by atoms with Crippen molar-refractivity contribution in [3.63, 3.8) is 0 Å². The molecule has 4 heteroatoms. The molecule has 1 saturated heterocycles. The molecule has 0 N–H and O–H groups in total. The molecule has 13 heavy (non-hydrogen) atoms. The lowest BCUT2D eigenvalue weighted by Gasteiger charge is -2.06. The molecule has 0 bridgehead atoms. The summed E-state index contributed by atoms with van der Waals surface area (Å²) in [4.78, 5) is 0. The zero-order chi connectivity index (χ0) is 9.42. The maximum Gasteiger partial charge on any atom is 0.168 e. The van der Waals surface area contributed by atoms with Crippen molar-refractivity contribution in [2.75, 3.05) is 13.7 Å². The van der Waals surface area contributed by atoms with Gasteiger partial charge < -0.3 is 9.47 Å². The van der Waals surface area contributed by atoms with Gasteiger partial charge in [-0.05, 0) is 6.07 Å². The fourth-order valence-corrected chi connectivity index (χ4v) is 1.26. The first-order chi connectivity index (χ1) is 6.22. The number of benzene rings is 1. The summed E-state index contributed by atoms with van der Waals surface area (Å²) in [5.41, 5.74) is 0.444. The lowest BCUT2D eigenvalue weighted by atomic mass is 10.1. The maximum atomic E-state index is 13.1. The Morgan fingerprint density at radius 2 is 2.15 bits per heavy atom. The van der Waals surface area contributed by atoms with Crippen molar-refractivity contribution >= 4 is 0 Å². The van der Waals surface area contributed by atoms with E-state index in [-0.39, 0.29) is 11.9 Å². The van der Waals surface area contributed by atoms with Crippen molar-refractivity contribution in [2.24, 2.45) is 0 Å². The first-order valence-electron chi connectivity index (χ1n) is 3.87. The molecule has 0 amide bonds. The number of epoxide rings is 1. The Balaban J connectivity index is 2.50. The Bertz CT molecular complexity index is 335. The highest BCUT2D eigenvalue weighted by Gasteiger charge is 2.30. The van der Waals surface area contributed by atoms with E-state index < -0.39 is 11.6 Å². The van der Waals surface area contributed by atoms with Gasteiger partial charge in [-0.3, -0.25) is 0 Å². The highest BCUT2D eigenvalue weighted by Crippen LogP contribution is 2.38. The molecule has 2 nitrogen and oxygen atoms in total. The minimum Gasteiger partial charge on any atom is -0.493 e. The van der Waals surface area contributed by atoms with Crippen LogP contribution in [-0.4, -0.2) is 13.7 Å². The van der Waals surface area contributed by atoms with Crippen LogP contribution in [-0.2, 0) is 4.74 Å². The number of hydrogen-bond acceptors (Lipinski definition) is 2. The van der Waals surface area contributed by atoms with Crippen molar-refractivity contribution < 1.29 is 18.3 Å². The second-order valence-corrected chi connectivity index (χ2v) is 2.83. The molecule has 0 spiro atoms. The van der Waals surface area contributed by atoms with Crippen LogP contribution in [0.25, 0.3) is 0 Å². The van der Waals surface area contributed by atoms with Gasteiger partial charge in [-0.2, -0.15) is 0 Å². The fraction of sp³-hybridized carbons (Fsp3) is 0.333. The van der Waals surface area contributed by atoms with E-state index in [1.54, 1.807) is 0 Å². The van der Waals surface area contributed by atoms with Crippen LogP contribution < -0.4 is 4.74 Å². The van der Waals surface area contributed by atoms with Crippen LogP contribution in [0.3, 0.4) is 0 Å². The van der Waals surface area contributed by atoms with Gasteiger partial charge in [0.2, 0.25) is 0 Å². The molecule has 0 unspecified atom stereocenters. The van der Waals surface area contributed by atoms with Crippen LogP contribution in [0.4, 0.5) is 8.78 Å². The van der Waals surface area contributed by atoms with Crippen LogP contribution >= 0.6 is 0 Å². The summed E-state index contributed by atoms with van der Waals surface area (Å²) >= 11 is 0. The van der Waals surface area contributed by atoms with E-state index >= 15 is 0 Å². The Labute approximate surface area is 74.1 Å². The largest absolute Gasteiger partial charge is 0.493 e. The number of hydrogen-bond donors (Lipinski definition) is 0. The molecule has 1 atom stereocenters. The Kier molecular flexibility index (Phi) is 1.92. The van der Waals surface area contributed by atoms with Crippen LogP contribution in [0.2, 0.25) is 0 Å². The third kappa shape index (κ3) is 1.49. The molecular formula is C9H8F2O2. The minimum absolute atomic E-state index is 0.0731. The lowest BCUT2D eigenvalue weighted by Crippen LogP contribution is -1.96. The zero-order valence-corrected chi connectivity index (χ0v) is 7.01. The van der Waals surface area contributed by atoms with E-state index in [9.17, 15) is 8.78 Å². The second-order valence-electron chi connectivity index (χ2n) is 2.83. The zero-order valence-electron chi connectivity index (χ0n) is 7.01. The summed E-state index contributed by atoms with van der Waals surface area (Å²) < 4.78 is 35.6. The highest BCUT2D eigenvalue weighted by molar-refractivity contribution is 5.38. The van der Waals surface area contributed by atoms with E-state index in [1.807, 2.05) is 0 Å². The number of rotatable bonds is 2. The van der Waals surface area contributed by atoms with Gasteiger partial charge in [-0.15, -0.1) is 0 Å². The average molecular weight is 186 g/mol.